The van der Waals surface area contributed by atoms with Crippen molar-refractivity contribution < 1.29 is 0 Å². The molecule has 0 spiro atoms. The first-order valence-corrected chi connectivity index (χ1v) is 8.59. The van der Waals surface area contributed by atoms with Crippen LogP contribution in [0.15, 0.2) is 0 Å². The second kappa shape index (κ2) is 6.26. The zero-order valence-electron chi connectivity index (χ0n) is 9.53. The van der Waals surface area contributed by atoms with Crippen molar-refractivity contribution in [2.45, 2.75) is 38.8 Å². The highest BCUT2D eigenvalue weighted by Gasteiger charge is 2.19. The van der Waals surface area contributed by atoms with Crippen LogP contribution in [-0.2, 0) is 0 Å². The molecule has 0 aromatic carbocycles. The Labute approximate surface area is 96.0 Å². The highest BCUT2D eigenvalue weighted by molar-refractivity contribution is 8.77. The smallest absolute Gasteiger partial charge is 0.0342 e. The van der Waals surface area contributed by atoms with E-state index in [-0.39, 0.29) is 9.93 Å². The molecule has 0 bridgehead atoms. The summed E-state index contributed by atoms with van der Waals surface area (Å²) in [6.07, 6.45) is 4.83. The first-order chi connectivity index (χ1) is 6.58. The molecule has 0 aliphatic carbocycles. The van der Waals surface area contributed by atoms with Gasteiger partial charge in [0.05, 0.1) is 0 Å². The summed E-state index contributed by atoms with van der Waals surface area (Å²) in [5.74, 6) is 1.20. The summed E-state index contributed by atoms with van der Waals surface area (Å²) in [6.45, 7) is 6.95. The number of thiol groups is 2. The Morgan fingerprint density at radius 1 is 1.43 bits per heavy atom. The van der Waals surface area contributed by atoms with Crippen LogP contribution in [0.1, 0.15) is 26.7 Å². The van der Waals surface area contributed by atoms with Gasteiger partial charge in [-0.3, -0.25) is 4.90 Å². The lowest BCUT2D eigenvalue weighted by atomic mass is 10.1. The molecule has 1 fully saturated rings. The van der Waals surface area contributed by atoms with E-state index in [0.29, 0.717) is 6.04 Å². The minimum Gasteiger partial charge on any atom is -0.312 e. The normalized spacial score (nSPS) is 24.2. The lowest BCUT2D eigenvalue weighted by molar-refractivity contribution is 0.220. The minimum atomic E-state index is -0.0543. The molecule has 0 aromatic rings. The van der Waals surface area contributed by atoms with Gasteiger partial charge in [-0.15, -0.1) is 11.7 Å². The summed E-state index contributed by atoms with van der Waals surface area (Å²) in [6, 6.07) is 1.37. The fourth-order valence-corrected chi connectivity index (χ4v) is 3.40. The summed E-state index contributed by atoms with van der Waals surface area (Å²) in [7, 11) is -0.0543. The van der Waals surface area contributed by atoms with Crippen molar-refractivity contribution in [2.75, 3.05) is 25.2 Å². The predicted molar refractivity (Wildman–Crippen MR) is 71.6 cm³/mol. The third kappa shape index (κ3) is 4.91. The number of piperidine rings is 1. The topological polar surface area (TPSA) is 15.3 Å². The number of nitrogens with one attached hydrogen (secondary N) is 1. The van der Waals surface area contributed by atoms with E-state index < -0.39 is 0 Å². The Balaban J connectivity index is 2.17. The van der Waals surface area contributed by atoms with Crippen molar-refractivity contribution in [3.63, 3.8) is 0 Å². The van der Waals surface area contributed by atoms with E-state index in [4.69, 9.17) is 0 Å². The minimum absolute atomic E-state index is 0.0543. The van der Waals surface area contributed by atoms with Crippen LogP contribution in [0.25, 0.3) is 0 Å². The van der Waals surface area contributed by atoms with E-state index in [1.54, 1.807) is 0 Å². The first kappa shape index (κ1) is 12.7. The molecule has 1 heterocycles. The summed E-state index contributed by atoms with van der Waals surface area (Å²) in [5.41, 5.74) is 0. The first-order valence-electron chi connectivity index (χ1n) is 5.46. The molecule has 86 valence electrons. The summed E-state index contributed by atoms with van der Waals surface area (Å²) in [4.78, 5) is 2.55. The van der Waals surface area contributed by atoms with Gasteiger partial charge in [-0.2, -0.15) is 9.93 Å². The van der Waals surface area contributed by atoms with Crippen molar-refractivity contribution in [3.8, 4) is 0 Å². The Morgan fingerprint density at radius 2 is 2.00 bits per heavy atom. The van der Waals surface area contributed by atoms with Crippen LogP contribution in [0, 0.1) is 0 Å². The molecular weight excluding hydrogens is 212 g/mol. The van der Waals surface area contributed by atoms with Crippen LogP contribution in [0.2, 0.25) is 0 Å². The number of likely N-dealkylation sites (tertiary alicyclic amines) is 1. The molecule has 0 saturated carbocycles. The highest BCUT2D eigenvalue weighted by atomic mass is 33.1. The van der Waals surface area contributed by atoms with Crippen molar-refractivity contribution in [2.24, 2.45) is 0 Å². The average Bonchev–Trinajstić information content (AvgIpc) is 2.06. The third-order valence-corrected chi connectivity index (χ3v) is 3.75. The van der Waals surface area contributed by atoms with Crippen LogP contribution in [0.3, 0.4) is 0 Å². The molecular formula is C10H24N2S2. The van der Waals surface area contributed by atoms with E-state index in [1.807, 2.05) is 0 Å². The molecule has 0 aromatic heterocycles. The maximum absolute atomic E-state index is 4.49. The molecule has 14 heavy (non-hydrogen) atoms. The predicted octanol–water partition coefficient (Wildman–Crippen LogP) is 1.88. The zero-order valence-corrected chi connectivity index (χ0v) is 11.3. The molecule has 1 saturated heterocycles. The van der Waals surface area contributed by atoms with E-state index in [9.17, 15) is 0 Å². The quantitative estimate of drug-likeness (QED) is 0.510. The Bertz CT molecular complexity index is 136. The molecule has 2 nitrogen and oxygen atoms in total. The lowest BCUT2D eigenvalue weighted by Gasteiger charge is -2.34. The molecule has 0 radical (unpaired) electrons. The highest BCUT2D eigenvalue weighted by Crippen LogP contribution is 2.27. The van der Waals surface area contributed by atoms with Gasteiger partial charge >= 0.3 is 0 Å². The third-order valence-electron chi connectivity index (χ3n) is 2.56. The van der Waals surface area contributed by atoms with Gasteiger partial charge in [-0.1, -0.05) is 13.8 Å². The van der Waals surface area contributed by atoms with E-state index in [1.165, 1.54) is 31.8 Å². The molecule has 4 heteroatoms. The largest absolute Gasteiger partial charge is 0.312 e. The van der Waals surface area contributed by atoms with Crippen LogP contribution < -0.4 is 5.32 Å². The van der Waals surface area contributed by atoms with Crippen molar-refractivity contribution in [1.29, 1.82) is 0 Å². The molecule has 1 N–H and O–H groups in total. The standard InChI is InChI=1S/C10H24N2S2/c1-9(2)11-10-4-6-12(7-5-10)8-14(3)13/h9-11,13-14H,4-8H2,1-3H3. The molecule has 1 aliphatic heterocycles. The average molecular weight is 236 g/mol. The molecule has 1 unspecified atom stereocenters. The second-order valence-electron chi connectivity index (χ2n) is 4.51. The van der Waals surface area contributed by atoms with Gasteiger partial charge in [0, 0.05) is 31.0 Å². The van der Waals surface area contributed by atoms with Crippen LogP contribution in [0.4, 0.5) is 0 Å². The fourth-order valence-electron chi connectivity index (χ4n) is 2.00. The maximum Gasteiger partial charge on any atom is 0.0342 e. The maximum atomic E-state index is 4.49. The van der Waals surface area contributed by atoms with Crippen molar-refractivity contribution in [1.82, 2.24) is 10.2 Å². The Morgan fingerprint density at radius 3 is 2.43 bits per heavy atom. The van der Waals surface area contributed by atoms with Gasteiger partial charge in [0.2, 0.25) is 0 Å². The SMILES string of the molecule is CC(C)NC1CCN(C[SH](C)S)CC1. The fraction of sp³-hybridized carbons (Fsp3) is 1.00. The van der Waals surface area contributed by atoms with Gasteiger partial charge < -0.3 is 5.32 Å². The van der Waals surface area contributed by atoms with Gasteiger partial charge in [0.15, 0.2) is 0 Å². The molecule has 1 atom stereocenters. The zero-order chi connectivity index (χ0) is 10.6. The van der Waals surface area contributed by atoms with Gasteiger partial charge in [-0.25, -0.2) is 0 Å². The molecule has 1 rings (SSSR count). The van der Waals surface area contributed by atoms with E-state index in [0.717, 1.165) is 6.04 Å². The number of rotatable bonds is 4. The Kier molecular flexibility index (Phi) is 5.67. The van der Waals surface area contributed by atoms with Crippen LogP contribution in [-0.4, -0.2) is 42.2 Å². The van der Waals surface area contributed by atoms with E-state index in [2.05, 4.69) is 42.0 Å². The molecule has 1 aliphatic rings. The lowest BCUT2D eigenvalue weighted by Crippen LogP contribution is -2.44. The van der Waals surface area contributed by atoms with Crippen LogP contribution >= 0.6 is 21.6 Å². The Hall–Kier alpha value is 0.620. The van der Waals surface area contributed by atoms with Crippen molar-refractivity contribution >= 4 is 21.6 Å². The van der Waals surface area contributed by atoms with Gasteiger partial charge in [0.25, 0.3) is 0 Å². The monoisotopic (exact) mass is 236 g/mol. The summed E-state index contributed by atoms with van der Waals surface area (Å²) < 4.78 is 0. The van der Waals surface area contributed by atoms with Crippen LogP contribution in [0.5, 0.6) is 0 Å². The van der Waals surface area contributed by atoms with E-state index >= 15 is 0 Å². The molecule has 0 amide bonds. The van der Waals surface area contributed by atoms with Gasteiger partial charge in [-0.05, 0) is 19.1 Å². The number of hydrogen-bond donors (Lipinski definition) is 3. The second-order valence-corrected chi connectivity index (χ2v) is 8.16. The summed E-state index contributed by atoms with van der Waals surface area (Å²) >= 11 is 4.49. The summed E-state index contributed by atoms with van der Waals surface area (Å²) in [5, 5.41) is 3.62. The van der Waals surface area contributed by atoms with Crippen molar-refractivity contribution in [3.05, 3.63) is 0 Å². The number of nitrogens with zero attached hydrogens (tertiary/aromatic N) is 1. The number of hydrogen-bond acceptors (Lipinski definition) is 3. The van der Waals surface area contributed by atoms with Gasteiger partial charge in [0.1, 0.15) is 0 Å².